The summed E-state index contributed by atoms with van der Waals surface area (Å²) < 4.78 is 0. The molecule has 106 valence electrons. The second-order valence-electron chi connectivity index (χ2n) is 5.63. The van der Waals surface area contributed by atoms with Crippen molar-refractivity contribution in [3.8, 4) is 0 Å². The van der Waals surface area contributed by atoms with E-state index < -0.39 is 0 Å². The molecule has 0 bridgehead atoms. The fraction of sp³-hybridized carbons (Fsp3) is 0.714. The standard InChI is InChI=1S/C14H22N2O2S/c1-9(2)8-12-13(19-10(3)15-12)14(18)16-6-4-11(17)5-7-16/h9,11,17H,4-8H2,1-3H3. The van der Waals surface area contributed by atoms with E-state index in [1.165, 1.54) is 11.3 Å². The normalized spacial score (nSPS) is 17.2. The third kappa shape index (κ3) is 3.54. The van der Waals surface area contributed by atoms with E-state index in [1.54, 1.807) is 0 Å². The number of thiazole rings is 1. The largest absolute Gasteiger partial charge is 0.393 e. The van der Waals surface area contributed by atoms with Gasteiger partial charge in [-0.05, 0) is 32.1 Å². The molecular formula is C14H22N2O2S. The molecular weight excluding hydrogens is 260 g/mol. The highest BCUT2D eigenvalue weighted by Gasteiger charge is 2.26. The Morgan fingerprint density at radius 3 is 2.68 bits per heavy atom. The summed E-state index contributed by atoms with van der Waals surface area (Å²) >= 11 is 1.49. The molecule has 0 unspecified atom stereocenters. The molecule has 1 fully saturated rings. The maximum absolute atomic E-state index is 12.5. The Labute approximate surface area is 118 Å². The van der Waals surface area contributed by atoms with E-state index in [4.69, 9.17) is 0 Å². The van der Waals surface area contributed by atoms with Gasteiger partial charge in [-0.1, -0.05) is 13.8 Å². The van der Waals surface area contributed by atoms with Gasteiger partial charge in [0.25, 0.3) is 5.91 Å². The fourth-order valence-corrected chi connectivity index (χ4v) is 3.29. The van der Waals surface area contributed by atoms with Gasteiger partial charge in [0.1, 0.15) is 4.88 Å². The van der Waals surface area contributed by atoms with Crippen molar-refractivity contribution in [2.75, 3.05) is 13.1 Å². The SMILES string of the molecule is Cc1nc(CC(C)C)c(C(=O)N2CCC(O)CC2)s1. The summed E-state index contributed by atoms with van der Waals surface area (Å²) in [5, 5.41) is 10.5. The van der Waals surface area contributed by atoms with E-state index in [0.717, 1.165) is 22.0 Å². The summed E-state index contributed by atoms with van der Waals surface area (Å²) in [7, 11) is 0. The average Bonchev–Trinajstić information content (AvgIpc) is 2.69. The minimum absolute atomic E-state index is 0.0909. The number of rotatable bonds is 3. The molecule has 1 saturated heterocycles. The molecule has 5 heteroatoms. The first-order valence-electron chi connectivity index (χ1n) is 6.91. The van der Waals surface area contributed by atoms with E-state index in [1.807, 2.05) is 11.8 Å². The van der Waals surface area contributed by atoms with Gasteiger partial charge < -0.3 is 10.0 Å². The molecule has 2 heterocycles. The summed E-state index contributed by atoms with van der Waals surface area (Å²) in [6.45, 7) is 7.53. The number of aliphatic hydroxyl groups is 1. The Morgan fingerprint density at radius 2 is 2.11 bits per heavy atom. The molecule has 4 nitrogen and oxygen atoms in total. The number of hydrogen-bond donors (Lipinski definition) is 1. The van der Waals surface area contributed by atoms with Gasteiger partial charge in [0.15, 0.2) is 0 Å². The minimum Gasteiger partial charge on any atom is -0.393 e. The smallest absolute Gasteiger partial charge is 0.265 e. The molecule has 0 atom stereocenters. The first-order chi connectivity index (χ1) is 8.97. The fourth-order valence-electron chi connectivity index (χ4n) is 2.37. The lowest BCUT2D eigenvalue weighted by Crippen LogP contribution is -2.40. The Bertz CT molecular complexity index is 448. The van der Waals surface area contributed by atoms with Crippen LogP contribution in [0.2, 0.25) is 0 Å². The van der Waals surface area contributed by atoms with E-state index >= 15 is 0 Å². The molecule has 0 aromatic carbocycles. The summed E-state index contributed by atoms with van der Waals surface area (Å²) in [6.07, 6.45) is 1.97. The van der Waals surface area contributed by atoms with Crippen LogP contribution in [0.5, 0.6) is 0 Å². The van der Waals surface area contributed by atoms with E-state index in [2.05, 4.69) is 18.8 Å². The lowest BCUT2D eigenvalue weighted by atomic mass is 10.1. The van der Waals surface area contributed by atoms with Gasteiger partial charge in [-0.25, -0.2) is 4.98 Å². The van der Waals surface area contributed by atoms with Crippen LogP contribution in [0.15, 0.2) is 0 Å². The van der Waals surface area contributed by atoms with E-state index in [-0.39, 0.29) is 12.0 Å². The Kier molecular flexibility index (Phi) is 4.58. The molecule has 1 N–H and O–H groups in total. The van der Waals surface area contributed by atoms with Crippen LogP contribution in [0.3, 0.4) is 0 Å². The lowest BCUT2D eigenvalue weighted by molar-refractivity contribution is 0.0549. The van der Waals surface area contributed by atoms with Crippen molar-refractivity contribution in [3.63, 3.8) is 0 Å². The van der Waals surface area contributed by atoms with E-state index in [9.17, 15) is 9.90 Å². The molecule has 2 rings (SSSR count). The number of likely N-dealkylation sites (tertiary alicyclic amines) is 1. The summed E-state index contributed by atoms with van der Waals surface area (Å²) in [6, 6.07) is 0. The quantitative estimate of drug-likeness (QED) is 0.925. The molecule has 1 aromatic heterocycles. The zero-order valence-electron chi connectivity index (χ0n) is 11.8. The van der Waals surface area contributed by atoms with Crippen LogP contribution in [0.1, 0.15) is 47.1 Å². The van der Waals surface area contributed by atoms with Gasteiger partial charge in [0.05, 0.1) is 16.8 Å². The maximum Gasteiger partial charge on any atom is 0.265 e. The second kappa shape index (κ2) is 6.01. The molecule has 1 amide bonds. The molecule has 1 aromatic rings. The maximum atomic E-state index is 12.5. The van der Waals surface area contributed by atoms with Gasteiger partial charge in [-0.15, -0.1) is 11.3 Å². The van der Waals surface area contributed by atoms with Crippen LogP contribution >= 0.6 is 11.3 Å². The topological polar surface area (TPSA) is 53.4 Å². The van der Waals surface area contributed by atoms with Crippen LogP contribution < -0.4 is 0 Å². The number of hydrogen-bond acceptors (Lipinski definition) is 4. The minimum atomic E-state index is -0.248. The first-order valence-corrected chi connectivity index (χ1v) is 7.72. The van der Waals surface area contributed by atoms with Gasteiger partial charge >= 0.3 is 0 Å². The molecule has 19 heavy (non-hydrogen) atoms. The predicted octanol–water partition coefficient (Wildman–Crippen LogP) is 2.25. The number of piperidine rings is 1. The van der Waals surface area contributed by atoms with Crippen molar-refractivity contribution < 1.29 is 9.90 Å². The Morgan fingerprint density at radius 1 is 1.47 bits per heavy atom. The van der Waals surface area contributed by atoms with Crippen LogP contribution in [-0.2, 0) is 6.42 Å². The van der Waals surface area contributed by atoms with Gasteiger partial charge in [0.2, 0.25) is 0 Å². The van der Waals surface area contributed by atoms with Crippen LogP contribution in [0.4, 0.5) is 0 Å². The molecule has 0 spiro atoms. The number of amides is 1. The number of aryl methyl sites for hydroxylation is 1. The van der Waals surface area contributed by atoms with Crippen molar-refractivity contribution >= 4 is 17.2 Å². The summed E-state index contributed by atoms with van der Waals surface area (Å²) in [5.41, 5.74) is 0.939. The highest BCUT2D eigenvalue weighted by atomic mass is 32.1. The monoisotopic (exact) mass is 282 g/mol. The molecule has 0 saturated carbocycles. The van der Waals surface area contributed by atoms with Crippen molar-refractivity contribution in [3.05, 3.63) is 15.6 Å². The second-order valence-corrected chi connectivity index (χ2v) is 6.83. The first kappa shape index (κ1) is 14.5. The number of nitrogens with zero attached hydrogens (tertiary/aromatic N) is 2. The lowest BCUT2D eigenvalue weighted by Gasteiger charge is -2.29. The van der Waals surface area contributed by atoms with Gasteiger partial charge in [-0.2, -0.15) is 0 Å². The summed E-state index contributed by atoms with van der Waals surface area (Å²) in [4.78, 5) is 19.7. The predicted molar refractivity (Wildman–Crippen MR) is 76.5 cm³/mol. The van der Waals surface area contributed by atoms with Gasteiger partial charge in [0, 0.05) is 13.1 Å². The van der Waals surface area contributed by atoms with Crippen molar-refractivity contribution in [2.24, 2.45) is 5.92 Å². The third-order valence-corrected chi connectivity index (χ3v) is 4.35. The summed E-state index contributed by atoms with van der Waals surface area (Å²) in [5.74, 6) is 0.587. The molecule has 0 aliphatic carbocycles. The van der Waals surface area contributed by atoms with Crippen LogP contribution in [0.25, 0.3) is 0 Å². The number of carbonyl (C=O) groups is 1. The molecule has 1 aliphatic heterocycles. The van der Waals surface area contributed by atoms with Crippen molar-refractivity contribution in [2.45, 2.75) is 46.1 Å². The Balaban J connectivity index is 2.14. The highest BCUT2D eigenvalue weighted by molar-refractivity contribution is 7.13. The number of aliphatic hydroxyl groups excluding tert-OH is 1. The zero-order chi connectivity index (χ0) is 14.0. The average molecular weight is 282 g/mol. The van der Waals surface area contributed by atoms with E-state index in [0.29, 0.717) is 31.8 Å². The van der Waals surface area contributed by atoms with Crippen molar-refractivity contribution in [1.82, 2.24) is 9.88 Å². The zero-order valence-corrected chi connectivity index (χ0v) is 12.7. The highest BCUT2D eigenvalue weighted by Crippen LogP contribution is 2.24. The third-order valence-electron chi connectivity index (χ3n) is 3.35. The molecule has 1 aliphatic rings. The van der Waals surface area contributed by atoms with Crippen LogP contribution in [0, 0.1) is 12.8 Å². The van der Waals surface area contributed by atoms with Crippen molar-refractivity contribution in [1.29, 1.82) is 0 Å². The Hall–Kier alpha value is -0.940. The van der Waals surface area contributed by atoms with Gasteiger partial charge in [-0.3, -0.25) is 4.79 Å². The number of aromatic nitrogens is 1. The molecule has 0 radical (unpaired) electrons. The van der Waals surface area contributed by atoms with Crippen LogP contribution in [-0.4, -0.2) is 40.1 Å². The number of carbonyl (C=O) groups excluding carboxylic acids is 1.